The van der Waals surface area contributed by atoms with Gasteiger partial charge >= 0.3 is 0 Å². The Bertz CT molecular complexity index is 1290. The Morgan fingerprint density at radius 3 is 2.78 bits per heavy atom. The molecule has 1 aliphatic heterocycles. The third-order valence-corrected chi connectivity index (χ3v) is 6.11. The first-order chi connectivity index (χ1) is 15.5. The first-order valence-corrected chi connectivity index (χ1v) is 10.8. The molecular formula is C24H20ClFN4O2. The number of fused-ring (bicyclic) bond motifs is 1. The summed E-state index contributed by atoms with van der Waals surface area (Å²) in [5.41, 5.74) is 2.11. The number of hydrogen-bond donors (Lipinski definition) is 0. The fraction of sp³-hybridized carbons (Fsp3) is 0.250. The molecule has 2 atom stereocenters. The summed E-state index contributed by atoms with van der Waals surface area (Å²) in [4.78, 5) is 28.6. The van der Waals surface area contributed by atoms with Crippen LogP contribution in [0, 0.1) is 5.82 Å². The maximum atomic E-state index is 13.7. The van der Waals surface area contributed by atoms with Crippen molar-refractivity contribution in [1.29, 1.82) is 0 Å². The lowest BCUT2D eigenvalue weighted by Gasteiger charge is -2.37. The number of halogens is 2. The van der Waals surface area contributed by atoms with Crippen molar-refractivity contribution in [2.24, 2.45) is 0 Å². The van der Waals surface area contributed by atoms with Crippen LogP contribution >= 0.6 is 11.6 Å². The Labute approximate surface area is 189 Å². The molecule has 1 saturated heterocycles. The molecular weight excluding hydrogens is 431 g/mol. The third kappa shape index (κ3) is 3.84. The Kier molecular flexibility index (Phi) is 5.35. The van der Waals surface area contributed by atoms with Gasteiger partial charge in [-0.1, -0.05) is 11.6 Å². The molecule has 2 aromatic carbocycles. The largest absolute Gasteiger partial charge is 0.440 e. The first-order valence-electron chi connectivity index (χ1n) is 10.4. The highest BCUT2D eigenvalue weighted by Gasteiger charge is 2.34. The summed E-state index contributed by atoms with van der Waals surface area (Å²) in [5, 5.41) is 0.468. The molecule has 162 valence electrons. The second kappa shape index (κ2) is 8.31. The fourth-order valence-electron chi connectivity index (χ4n) is 4.17. The zero-order valence-corrected chi connectivity index (χ0v) is 18.1. The molecule has 3 heterocycles. The van der Waals surface area contributed by atoms with Crippen LogP contribution in [-0.4, -0.2) is 38.3 Å². The van der Waals surface area contributed by atoms with E-state index in [1.165, 1.54) is 12.1 Å². The van der Waals surface area contributed by atoms with Crippen LogP contribution in [0.4, 0.5) is 4.39 Å². The van der Waals surface area contributed by atoms with Crippen molar-refractivity contribution in [2.45, 2.75) is 31.7 Å². The topological polar surface area (TPSA) is 72.1 Å². The van der Waals surface area contributed by atoms with Gasteiger partial charge in [-0.25, -0.2) is 19.3 Å². The van der Waals surface area contributed by atoms with Gasteiger partial charge in [0.1, 0.15) is 11.3 Å². The van der Waals surface area contributed by atoms with Crippen LogP contribution in [0.2, 0.25) is 5.02 Å². The number of piperidine rings is 1. The normalized spacial score (nSPS) is 18.8. The average molecular weight is 451 g/mol. The Morgan fingerprint density at radius 1 is 1.16 bits per heavy atom. The lowest BCUT2D eigenvalue weighted by molar-refractivity contribution is 0.0598. The Hall–Kier alpha value is -3.32. The van der Waals surface area contributed by atoms with Crippen molar-refractivity contribution in [3.8, 4) is 11.4 Å². The summed E-state index contributed by atoms with van der Waals surface area (Å²) in [6, 6.07) is 11.2. The summed E-state index contributed by atoms with van der Waals surface area (Å²) in [6.07, 6.45) is 4.90. The number of hydrogen-bond acceptors (Lipinski definition) is 5. The van der Waals surface area contributed by atoms with E-state index >= 15 is 0 Å². The van der Waals surface area contributed by atoms with Gasteiger partial charge in [-0.2, -0.15) is 0 Å². The van der Waals surface area contributed by atoms with E-state index in [2.05, 4.69) is 15.0 Å². The first kappa shape index (κ1) is 20.6. The average Bonchev–Trinajstić information content (AvgIpc) is 3.22. The molecule has 0 bridgehead atoms. The van der Waals surface area contributed by atoms with Crippen molar-refractivity contribution in [3.05, 3.63) is 77.2 Å². The van der Waals surface area contributed by atoms with Crippen molar-refractivity contribution in [1.82, 2.24) is 19.9 Å². The van der Waals surface area contributed by atoms with E-state index in [1.54, 1.807) is 42.7 Å². The minimum absolute atomic E-state index is 0.0316. The summed E-state index contributed by atoms with van der Waals surface area (Å²) < 4.78 is 19.4. The molecule has 5 rings (SSSR count). The van der Waals surface area contributed by atoms with Crippen LogP contribution in [0.1, 0.15) is 41.9 Å². The van der Waals surface area contributed by atoms with Gasteiger partial charge in [0.25, 0.3) is 5.91 Å². The number of benzene rings is 2. The van der Waals surface area contributed by atoms with Crippen molar-refractivity contribution < 1.29 is 13.6 Å². The number of oxazole rings is 1. The molecule has 2 aromatic heterocycles. The minimum Gasteiger partial charge on any atom is -0.440 e. The molecule has 1 aliphatic rings. The quantitative estimate of drug-likeness (QED) is 0.413. The van der Waals surface area contributed by atoms with Gasteiger partial charge in [-0.3, -0.25) is 4.79 Å². The number of rotatable bonds is 3. The molecule has 0 unspecified atom stereocenters. The molecule has 6 nitrogen and oxygen atoms in total. The van der Waals surface area contributed by atoms with Crippen LogP contribution in [0.3, 0.4) is 0 Å². The van der Waals surface area contributed by atoms with E-state index in [0.29, 0.717) is 45.5 Å². The van der Waals surface area contributed by atoms with E-state index in [9.17, 15) is 9.18 Å². The van der Waals surface area contributed by atoms with Gasteiger partial charge in [-0.05, 0) is 56.2 Å². The van der Waals surface area contributed by atoms with Crippen LogP contribution in [0.25, 0.3) is 22.5 Å². The highest BCUT2D eigenvalue weighted by molar-refractivity contribution is 6.31. The van der Waals surface area contributed by atoms with Gasteiger partial charge < -0.3 is 9.32 Å². The highest BCUT2D eigenvalue weighted by Crippen LogP contribution is 2.34. The molecule has 0 N–H and O–H groups in total. The highest BCUT2D eigenvalue weighted by atomic mass is 35.5. The van der Waals surface area contributed by atoms with Crippen LogP contribution < -0.4 is 0 Å². The molecule has 0 spiro atoms. The second-order valence-electron chi connectivity index (χ2n) is 8.01. The van der Waals surface area contributed by atoms with Crippen molar-refractivity contribution >= 4 is 28.6 Å². The number of nitrogens with zero attached hydrogens (tertiary/aromatic N) is 4. The Morgan fingerprint density at radius 2 is 1.97 bits per heavy atom. The molecule has 0 aliphatic carbocycles. The molecule has 1 fully saturated rings. The number of carbonyl (C=O) groups excluding carboxylic acids is 1. The van der Waals surface area contributed by atoms with Crippen molar-refractivity contribution in [2.75, 3.05) is 6.54 Å². The lowest BCUT2D eigenvalue weighted by atomic mass is 9.92. The number of carbonyl (C=O) groups is 1. The van der Waals surface area contributed by atoms with E-state index in [0.717, 1.165) is 12.8 Å². The van der Waals surface area contributed by atoms with Gasteiger partial charge in [0.2, 0.25) is 0 Å². The van der Waals surface area contributed by atoms with E-state index < -0.39 is 0 Å². The fourth-order valence-corrected chi connectivity index (χ4v) is 4.34. The standard InChI is InChI=1S/C24H20ClFN4O2/c1-14-3-4-15(23-29-20-12-17(26)6-8-21(20)32-23)13-30(14)24(31)19-11-16(25)5-7-18(19)22-27-9-2-10-28-22/h2,5-12,14-15H,3-4,13H2,1H3/t14-,15-/m1/s1. The Balaban J connectivity index is 1.47. The number of amides is 1. The summed E-state index contributed by atoms with van der Waals surface area (Å²) in [5.74, 6) is 0.404. The lowest BCUT2D eigenvalue weighted by Crippen LogP contribution is -2.45. The van der Waals surface area contributed by atoms with E-state index in [1.807, 2.05) is 11.8 Å². The maximum absolute atomic E-state index is 13.7. The zero-order valence-electron chi connectivity index (χ0n) is 17.3. The molecule has 0 saturated carbocycles. The number of aromatic nitrogens is 3. The van der Waals surface area contributed by atoms with Crippen LogP contribution in [-0.2, 0) is 0 Å². The SMILES string of the molecule is C[C@@H]1CC[C@@H](c2nc3cc(F)ccc3o2)CN1C(=O)c1cc(Cl)ccc1-c1ncccn1. The van der Waals surface area contributed by atoms with E-state index in [-0.39, 0.29) is 23.7 Å². The monoisotopic (exact) mass is 450 g/mol. The van der Waals surface area contributed by atoms with Gasteiger partial charge in [0.05, 0.1) is 11.5 Å². The molecule has 1 amide bonds. The van der Waals surface area contributed by atoms with Gasteiger partial charge in [0.15, 0.2) is 17.3 Å². The van der Waals surface area contributed by atoms with E-state index in [4.69, 9.17) is 16.0 Å². The molecule has 0 radical (unpaired) electrons. The summed E-state index contributed by atoms with van der Waals surface area (Å²) in [6.45, 7) is 2.47. The molecule has 8 heteroatoms. The number of likely N-dealkylation sites (tertiary alicyclic amines) is 1. The predicted octanol–water partition coefficient (Wildman–Crippen LogP) is 5.49. The molecule has 32 heavy (non-hydrogen) atoms. The minimum atomic E-state index is -0.358. The van der Waals surface area contributed by atoms with Gasteiger partial charge in [0, 0.05) is 41.6 Å². The summed E-state index contributed by atoms with van der Waals surface area (Å²) in [7, 11) is 0. The smallest absolute Gasteiger partial charge is 0.254 e. The second-order valence-corrected chi connectivity index (χ2v) is 8.44. The maximum Gasteiger partial charge on any atom is 0.254 e. The van der Waals surface area contributed by atoms with Crippen molar-refractivity contribution in [3.63, 3.8) is 0 Å². The summed E-state index contributed by atoms with van der Waals surface area (Å²) >= 11 is 6.24. The zero-order chi connectivity index (χ0) is 22.2. The van der Waals surface area contributed by atoms with Crippen LogP contribution in [0.5, 0.6) is 0 Å². The van der Waals surface area contributed by atoms with Gasteiger partial charge in [-0.15, -0.1) is 0 Å². The van der Waals surface area contributed by atoms with Crippen LogP contribution in [0.15, 0.2) is 59.3 Å². The molecule has 4 aromatic rings. The predicted molar refractivity (Wildman–Crippen MR) is 119 cm³/mol. The third-order valence-electron chi connectivity index (χ3n) is 5.88.